The fourth-order valence-electron chi connectivity index (χ4n) is 3.61. The van der Waals surface area contributed by atoms with Crippen molar-refractivity contribution in [3.8, 4) is 5.75 Å². The van der Waals surface area contributed by atoms with Gasteiger partial charge in [0.1, 0.15) is 18.2 Å². The summed E-state index contributed by atoms with van der Waals surface area (Å²) in [4.78, 5) is 4.66. The van der Waals surface area contributed by atoms with Crippen LogP contribution in [0.1, 0.15) is 28.2 Å². The monoisotopic (exact) mass is 433 g/mol. The van der Waals surface area contributed by atoms with Gasteiger partial charge in [-0.05, 0) is 57.8 Å². The van der Waals surface area contributed by atoms with Gasteiger partial charge in [-0.15, -0.1) is 5.10 Å². The van der Waals surface area contributed by atoms with Crippen molar-refractivity contribution in [2.75, 3.05) is 0 Å². The zero-order valence-electron chi connectivity index (χ0n) is 18.1. The molecule has 0 aliphatic heterocycles. The van der Waals surface area contributed by atoms with Crippen LogP contribution < -0.4 is 4.74 Å². The number of aromatic nitrogens is 5. The lowest BCUT2D eigenvalue weighted by molar-refractivity contribution is 0.302. The molecule has 5 rings (SSSR count). The van der Waals surface area contributed by atoms with Crippen LogP contribution in [0.15, 0.2) is 84.9 Å². The molecule has 5 aromatic rings. The first-order valence-corrected chi connectivity index (χ1v) is 10.9. The average molecular weight is 434 g/mol. The fourth-order valence-corrected chi connectivity index (χ4v) is 3.61. The molecule has 0 saturated heterocycles. The van der Waals surface area contributed by atoms with E-state index in [9.17, 15) is 0 Å². The van der Waals surface area contributed by atoms with Gasteiger partial charge in [-0.1, -0.05) is 72.8 Å². The minimum absolute atomic E-state index is 0.441. The normalized spacial score (nSPS) is 11.3. The van der Waals surface area contributed by atoms with E-state index in [1.807, 2.05) is 36.4 Å². The van der Waals surface area contributed by atoms with Crippen molar-refractivity contribution < 1.29 is 4.74 Å². The Hall–Kier alpha value is -4.32. The maximum Gasteiger partial charge on any atom is 0.148 e. The zero-order chi connectivity index (χ0) is 22.3. The van der Waals surface area contributed by atoms with Crippen LogP contribution in [-0.4, -0.2) is 25.6 Å². The summed E-state index contributed by atoms with van der Waals surface area (Å²) in [5.74, 6) is 1.63. The van der Waals surface area contributed by atoms with Crippen LogP contribution in [0.4, 0.5) is 0 Å². The number of aryl methyl sites for hydroxylation is 2. The number of H-pyrrole nitrogens is 1. The summed E-state index contributed by atoms with van der Waals surface area (Å²) in [6.07, 6.45) is 5.90. The Balaban J connectivity index is 1.17. The maximum absolute atomic E-state index is 5.93. The van der Waals surface area contributed by atoms with Gasteiger partial charge in [-0.2, -0.15) is 0 Å². The van der Waals surface area contributed by atoms with Crippen LogP contribution in [0.25, 0.3) is 23.1 Å². The van der Waals surface area contributed by atoms with E-state index in [0.29, 0.717) is 6.61 Å². The van der Waals surface area contributed by atoms with Crippen molar-refractivity contribution in [1.29, 1.82) is 0 Å². The van der Waals surface area contributed by atoms with Crippen molar-refractivity contribution in [1.82, 2.24) is 25.6 Å². The first-order valence-electron chi connectivity index (χ1n) is 10.9. The Kier molecular flexibility index (Phi) is 6.15. The molecule has 0 aliphatic carbocycles. The smallest absolute Gasteiger partial charge is 0.148 e. The number of fused-ring (bicyclic) bond motifs is 1. The number of para-hydroxylation sites is 1. The third-order valence-corrected chi connectivity index (χ3v) is 5.38. The number of ether oxygens (including phenoxy) is 1. The first kappa shape index (κ1) is 20.6. The summed E-state index contributed by atoms with van der Waals surface area (Å²) in [6, 6.07) is 28.8. The number of rotatable bonds is 8. The molecule has 162 valence electrons. The summed E-state index contributed by atoms with van der Waals surface area (Å²) in [6.45, 7) is 0.441. The van der Waals surface area contributed by atoms with E-state index in [1.54, 1.807) is 0 Å². The van der Waals surface area contributed by atoms with Crippen LogP contribution >= 0.6 is 0 Å². The maximum atomic E-state index is 5.93. The highest BCUT2D eigenvalue weighted by Crippen LogP contribution is 2.18. The molecule has 1 N–H and O–H groups in total. The number of tetrazole rings is 1. The molecule has 0 saturated carbocycles. The molecule has 0 unspecified atom stereocenters. The first-order chi connectivity index (χ1) is 16.3. The van der Waals surface area contributed by atoms with Gasteiger partial charge in [0.15, 0.2) is 0 Å². The molecule has 0 fully saturated rings. The number of pyridine rings is 1. The van der Waals surface area contributed by atoms with E-state index in [1.165, 1.54) is 5.56 Å². The van der Waals surface area contributed by atoms with Crippen molar-refractivity contribution in [2.24, 2.45) is 0 Å². The molecule has 0 amide bonds. The Morgan fingerprint density at radius 3 is 2.55 bits per heavy atom. The molecular weight excluding hydrogens is 410 g/mol. The third kappa shape index (κ3) is 5.49. The predicted octanol–water partition coefficient (Wildman–Crippen LogP) is 5.28. The number of aromatic amines is 1. The van der Waals surface area contributed by atoms with Crippen LogP contribution in [0.5, 0.6) is 5.75 Å². The topological polar surface area (TPSA) is 76.6 Å². The molecule has 2 heterocycles. The largest absolute Gasteiger partial charge is 0.487 e. The lowest BCUT2D eigenvalue weighted by atomic mass is 10.1. The van der Waals surface area contributed by atoms with Crippen LogP contribution in [0.2, 0.25) is 0 Å². The van der Waals surface area contributed by atoms with E-state index in [-0.39, 0.29) is 0 Å². The highest BCUT2D eigenvalue weighted by molar-refractivity contribution is 5.78. The number of nitrogens with one attached hydrogen (secondary N) is 1. The number of hydrogen-bond donors (Lipinski definition) is 1. The molecule has 6 nitrogen and oxygen atoms in total. The predicted molar refractivity (Wildman–Crippen MR) is 129 cm³/mol. The summed E-state index contributed by atoms with van der Waals surface area (Å²) >= 11 is 0. The Morgan fingerprint density at radius 1 is 0.788 bits per heavy atom. The summed E-state index contributed by atoms with van der Waals surface area (Å²) in [5.41, 5.74) is 5.42. The average Bonchev–Trinajstić information content (AvgIpc) is 3.40. The van der Waals surface area contributed by atoms with Gasteiger partial charge in [-0.3, -0.25) is 0 Å². The second-order valence-corrected chi connectivity index (χ2v) is 7.78. The molecule has 0 bridgehead atoms. The Bertz CT molecular complexity index is 1360. The summed E-state index contributed by atoms with van der Waals surface area (Å²) in [5, 5.41) is 15.1. The minimum Gasteiger partial charge on any atom is -0.487 e. The minimum atomic E-state index is 0.441. The quantitative estimate of drug-likeness (QED) is 0.337. The van der Waals surface area contributed by atoms with Crippen molar-refractivity contribution >= 4 is 23.1 Å². The van der Waals surface area contributed by atoms with E-state index >= 15 is 0 Å². The van der Waals surface area contributed by atoms with E-state index in [2.05, 4.69) is 86.3 Å². The van der Waals surface area contributed by atoms with Gasteiger partial charge in [0.05, 0.1) is 11.2 Å². The standard InChI is InChI=1S/C27H23N5O/c1-2-7-26-23(6-1)13-14-24(28-26)19-33-25-15-10-20(11-16-25)8-9-21-4-3-5-22(18-21)12-17-27-29-31-32-30-27/h1-11,13-16,18H,12,17,19H2,(H,29,30,31,32). The molecule has 0 radical (unpaired) electrons. The third-order valence-electron chi connectivity index (χ3n) is 5.38. The number of benzene rings is 3. The molecule has 33 heavy (non-hydrogen) atoms. The van der Waals surface area contributed by atoms with Crippen molar-refractivity contribution in [2.45, 2.75) is 19.4 Å². The second-order valence-electron chi connectivity index (χ2n) is 7.78. The van der Waals surface area contributed by atoms with Gasteiger partial charge in [-0.25, -0.2) is 10.1 Å². The highest BCUT2D eigenvalue weighted by atomic mass is 16.5. The van der Waals surface area contributed by atoms with Gasteiger partial charge in [0, 0.05) is 11.8 Å². The molecule has 3 aromatic carbocycles. The van der Waals surface area contributed by atoms with E-state index in [0.717, 1.165) is 52.1 Å². The lowest BCUT2D eigenvalue weighted by Crippen LogP contribution is -1.98. The Labute approximate surface area is 192 Å². The van der Waals surface area contributed by atoms with Gasteiger partial charge < -0.3 is 4.74 Å². The highest BCUT2D eigenvalue weighted by Gasteiger charge is 2.01. The molecule has 0 aliphatic rings. The fraction of sp³-hybridized carbons (Fsp3) is 0.111. The van der Waals surface area contributed by atoms with Crippen LogP contribution in [0.3, 0.4) is 0 Å². The van der Waals surface area contributed by atoms with Gasteiger partial charge in [0.2, 0.25) is 0 Å². The van der Waals surface area contributed by atoms with E-state index < -0.39 is 0 Å². The van der Waals surface area contributed by atoms with Gasteiger partial charge >= 0.3 is 0 Å². The summed E-state index contributed by atoms with van der Waals surface area (Å²) in [7, 11) is 0. The van der Waals surface area contributed by atoms with Crippen molar-refractivity contribution in [3.05, 3.63) is 113 Å². The molecule has 0 spiro atoms. The molecule has 6 heteroatoms. The van der Waals surface area contributed by atoms with Gasteiger partial charge in [0.25, 0.3) is 0 Å². The Morgan fingerprint density at radius 2 is 1.67 bits per heavy atom. The van der Waals surface area contributed by atoms with Crippen molar-refractivity contribution in [3.63, 3.8) is 0 Å². The second kappa shape index (κ2) is 9.87. The number of nitrogens with zero attached hydrogens (tertiary/aromatic N) is 4. The molecule has 0 atom stereocenters. The number of hydrogen-bond acceptors (Lipinski definition) is 5. The lowest BCUT2D eigenvalue weighted by Gasteiger charge is -2.07. The summed E-state index contributed by atoms with van der Waals surface area (Å²) < 4.78 is 5.93. The van der Waals surface area contributed by atoms with Crippen LogP contribution in [-0.2, 0) is 19.4 Å². The molecule has 2 aromatic heterocycles. The SMILES string of the molecule is C(=Cc1cccc(CCc2nnn[nH]2)c1)c1ccc(OCc2ccc3ccccc3n2)cc1. The molecular formula is C27H23N5O. The van der Waals surface area contributed by atoms with E-state index in [4.69, 9.17) is 4.74 Å². The zero-order valence-corrected chi connectivity index (χ0v) is 18.1. The van der Waals surface area contributed by atoms with Crippen LogP contribution in [0, 0.1) is 0 Å².